The highest BCUT2D eigenvalue weighted by molar-refractivity contribution is 5.46. The molecular formula is C14H21N3O2. The van der Waals surface area contributed by atoms with Crippen LogP contribution in [0, 0.1) is 0 Å². The molecule has 0 saturated carbocycles. The Morgan fingerprint density at radius 2 is 2.11 bits per heavy atom. The van der Waals surface area contributed by atoms with Gasteiger partial charge in [0, 0.05) is 24.5 Å². The molecule has 2 amide bonds. The average Bonchev–Trinajstić information content (AvgIpc) is 2.43. The number of carbonyl (C=O) groups is 2. The van der Waals surface area contributed by atoms with E-state index in [2.05, 4.69) is 21.7 Å². The molecule has 0 fully saturated rings. The van der Waals surface area contributed by atoms with Gasteiger partial charge in [-0.3, -0.25) is 14.6 Å². The van der Waals surface area contributed by atoms with Crippen molar-refractivity contribution >= 4 is 12.8 Å². The van der Waals surface area contributed by atoms with Gasteiger partial charge in [-0.25, -0.2) is 0 Å². The Morgan fingerprint density at radius 1 is 1.26 bits per heavy atom. The first kappa shape index (κ1) is 15.1. The number of aromatic nitrogens is 1. The molecule has 1 aromatic rings. The summed E-state index contributed by atoms with van der Waals surface area (Å²) >= 11 is 0. The summed E-state index contributed by atoms with van der Waals surface area (Å²) in [5, 5.41) is 5.36. The summed E-state index contributed by atoms with van der Waals surface area (Å²) in [5.41, 5.74) is 2.21. The number of aryl methyl sites for hydroxylation is 2. The van der Waals surface area contributed by atoms with Gasteiger partial charge < -0.3 is 10.6 Å². The van der Waals surface area contributed by atoms with E-state index in [1.807, 2.05) is 19.2 Å². The summed E-state index contributed by atoms with van der Waals surface area (Å²) in [6, 6.07) is 4.28. The van der Waals surface area contributed by atoms with Gasteiger partial charge >= 0.3 is 0 Å². The highest BCUT2D eigenvalue weighted by Crippen LogP contribution is 2.06. The van der Waals surface area contributed by atoms with Crippen molar-refractivity contribution in [3.05, 3.63) is 29.6 Å². The summed E-state index contributed by atoms with van der Waals surface area (Å²) in [7, 11) is 0. The zero-order valence-corrected chi connectivity index (χ0v) is 11.3. The monoisotopic (exact) mass is 263 g/mol. The zero-order valence-electron chi connectivity index (χ0n) is 11.3. The third-order valence-electron chi connectivity index (χ3n) is 2.94. The van der Waals surface area contributed by atoms with E-state index in [1.165, 1.54) is 5.56 Å². The molecule has 0 aliphatic heterocycles. The fourth-order valence-electron chi connectivity index (χ4n) is 1.76. The molecule has 5 heteroatoms. The Morgan fingerprint density at radius 3 is 2.74 bits per heavy atom. The lowest BCUT2D eigenvalue weighted by atomic mass is 10.1. The third-order valence-corrected chi connectivity index (χ3v) is 2.94. The summed E-state index contributed by atoms with van der Waals surface area (Å²) < 4.78 is 0. The van der Waals surface area contributed by atoms with E-state index in [0.717, 1.165) is 37.8 Å². The van der Waals surface area contributed by atoms with E-state index in [-0.39, 0.29) is 6.04 Å². The third kappa shape index (κ3) is 6.55. The Hall–Kier alpha value is -1.91. The van der Waals surface area contributed by atoms with Crippen LogP contribution in [0.4, 0.5) is 0 Å². The first-order valence-electron chi connectivity index (χ1n) is 6.56. The highest BCUT2D eigenvalue weighted by Gasteiger charge is 2.01. The summed E-state index contributed by atoms with van der Waals surface area (Å²) in [6.45, 7) is 2.66. The maximum atomic E-state index is 10.3. The minimum atomic E-state index is 0.187. The van der Waals surface area contributed by atoms with Gasteiger partial charge in [0.05, 0.1) is 0 Å². The van der Waals surface area contributed by atoms with E-state index in [4.69, 9.17) is 0 Å². The Bertz CT molecular complexity index is 379. The van der Waals surface area contributed by atoms with E-state index in [9.17, 15) is 9.59 Å². The van der Waals surface area contributed by atoms with Crippen molar-refractivity contribution in [3.8, 4) is 0 Å². The zero-order chi connectivity index (χ0) is 13.9. The fourth-order valence-corrected chi connectivity index (χ4v) is 1.76. The minimum absolute atomic E-state index is 0.187. The van der Waals surface area contributed by atoms with Crippen LogP contribution in [0.5, 0.6) is 0 Å². The van der Waals surface area contributed by atoms with Crippen molar-refractivity contribution < 1.29 is 9.59 Å². The van der Waals surface area contributed by atoms with E-state index in [0.29, 0.717) is 13.0 Å². The second-order valence-corrected chi connectivity index (χ2v) is 4.56. The van der Waals surface area contributed by atoms with Gasteiger partial charge in [0.1, 0.15) is 0 Å². The number of rotatable bonds is 10. The molecule has 0 bridgehead atoms. The van der Waals surface area contributed by atoms with Gasteiger partial charge in [-0.05, 0) is 44.2 Å². The lowest BCUT2D eigenvalue weighted by molar-refractivity contribution is -0.110. The van der Waals surface area contributed by atoms with Crippen molar-refractivity contribution in [2.24, 2.45) is 0 Å². The molecule has 5 nitrogen and oxygen atoms in total. The quantitative estimate of drug-likeness (QED) is 0.485. The summed E-state index contributed by atoms with van der Waals surface area (Å²) in [6.07, 6.45) is 6.90. The molecule has 0 aliphatic rings. The molecule has 0 spiro atoms. The molecule has 1 rings (SSSR count). The lowest BCUT2D eigenvalue weighted by Gasteiger charge is -2.09. The van der Waals surface area contributed by atoms with Crippen LogP contribution in [0.3, 0.4) is 0 Å². The van der Waals surface area contributed by atoms with Gasteiger partial charge in [0.25, 0.3) is 0 Å². The van der Waals surface area contributed by atoms with Crippen molar-refractivity contribution in [2.75, 3.05) is 6.54 Å². The normalized spacial score (nSPS) is 11.6. The van der Waals surface area contributed by atoms with Crippen LogP contribution < -0.4 is 10.6 Å². The molecule has 0 radical (unpaired) electrons. The predicted octanol–water partition coefficient (Wildman–Crippen LogP) is 0.827. The molecule has 0 aromatic carbocycles. The second-order valence-electron chi connectivity index (χ2n) is 4.56. The first-order chi connectivity index (χ1) is 9.26. The minimum Gasteiger partial charge on any atom is -0.359 e. The van der Waals surface area contributed by atoms with E-state index in [1.54, 1.807) is 0 Å². The molecule has 0 unspecified atom stereocenters. The average molecular weight is 263 g/mol. The van der Waals surface area contributed by atoms with Crippen LogP contribution >= 0.6 is 0 Å². The number of hydrogen-bond donors (Lipinski definition) is 2. The predicted molar refractivity (Wildman–Crippen MR) is 73.6 cm³/mol. The Kier molecular flexibility index (Phi) is 7.24. The van der Waals surface area contributed by atoms with Gasteiger partial charge in [0.2, 0.25) is 12.8 Å². The molecule has 19 heavy (non-hydrogen) atoms. The largest absolute Gasteiger partial charge is 0.359 e. The van der Waals surface area contributed by atoms with Crippen LogP contribution in [-0.2, 0) is 22.4 Å². The van der Waals surface area contributed by atoms with Crippen LogP contribution in [0.2, 0.25) is 0 Å². The Labute approximate surface area is 113 Å². The first-order valence-corrected chi connectivity index (χ1v) is 6.56. The van der Waals surface area contributed by atoms with Crippen molar-refractivity contribution in [3.63, 3.8) is 0 Å². The van der Waals surface area contributed by atoms with Crippen LogP contribution in [-0.4, -0.2) is 30.4 Å². The van der Waals surface area contributed by atoms with Crippen LogP contribution in [0.1, 0.15) is 31.0 Å². The molecule has 0 aliphatic carbocycles. The van der Waals surface area contributed by atoms with Gasteiger partial charge in [0.15, 0.2) is 0 Å². The smallest absolute Gasteiger partial charge is 0.207 e. The SMILES string of the molecule is C[C@@H](CCc1ccc(CCCNC=O)nc1)NC=O. The molecule has 0 saturated heterocycles. The maximum Gasteiger partial charge on any atom is 0.207 e. The summed E-state index contributed by atoms with van der Waals surface area (Å²) in [5.74, 6) is 0. The van der Waals surface area contributed by atoms with E-state index >= 15 is 0 Å². The van der Waals surface area contributed by atoms with Crippen molar-refractivity contribution in [1.82, 2.24) is 15.6 Å². The maximum absolute atomic E-state index is 10.3. The number of hydrogen-bond acceptors (Lipinski definition) is 3. The van der Waals surface area contributed by atoms with E-state index < -0.39 is 0 Å². The molecule has 2 N–H and O–H groups in total. The van der Waals surface area contributed by atoms with Crippen LogP contribution in [0.25, 0.3) is 0 Å². The van der Waals surface area contributed by atoms with Gasteiger partial charge in [-0.15, -0.1) is 0 Å². The number of amides is 2. The van der Waals surface area contributed by atoms with Crippen LogP contribution in [0.15, 0.2) is 18.3 Å². The Balaban J connectivity index is 2.30. The molecule has 1 atom stereocenters. The second kappa shape index (κ2) is 9.08. The van der Waals surface area contributed by atoms with Gasteiger partial charge in [-0.1, -0.05) is 6.07 Å². The molecule has 1 heterocycles. The molecule has 1 aromatic heterocycles. The number of nitrogens with one attached hydrogen (secondary N) is 2. The number of carbonyl (C=O) groups excluding carboxylic acids is 2. The number of pyridine rings is 1. The fraction of sp³-hybridized carbons (Fsp3) is 0.500. The summed E-state index contributed by atoms with van der Waals surface area (Å²) in [4.78, 5) is 24.7. The highest BCUT2D eigenvalue weighted by atomic mass is 16.1. The number of nitrogens with zero attached hydrogens (tertiary/aromatic N) is 1. The topological polar surface area (TPSA) is 71.1 Å². The van der Waals surface area contributed by atoms with Crippen molar-refractivity contribution in [1.29, 1.82) is 0 Å². The molecule has 104 valence electrons. The van der Waals surface area contributed by atoms with Gasteiger partial charge in [-0.2, -0.15) is 0 Å². The lowest BCUT2D eigenvalue weighted by Crippen LogP contribution is -2.24. The van der Waals surface area contributed by atoms with Crippen molar-refractivity contribution in [2.45, 2.75) is 38.6 Å². The molecular weight excluding hydrogens is 242 g/mol. The standard InChI is InChI=1S/C14H21N3O2/c1-12(17-11-19)4-5-13-6-7-14(16-9-13)3-2-8-15-10-18/h6-7,9-12H,2-5,8H2,1H3,(H,15,18)(H,17,19)/t12-/m0/s1.